The molecule has 1 aliphatic rings. The van der Waals surface area contributed by atoms with Crippen LogP contribution in [0, 0.1) is 0 Å². The van der Waals surface area contributed by atoms with Gasteiger partial charge in [0.25, 0.3) is 15.8 Å². The van der Waals surface area contributed by atoms with E-state index in [2.05, 4.69) is 15.0 Å². The number of thioether (sulfide) groups is 1. The van der Waals surface area contributed by atoms with Gasteiger partial charge >= 0.3 is 0 Å². The molecule has 0 aromatic heterocycles. The first-order valence-corrected chi connectivity index (χ1v) is 10.2. The average molecular weight is 411 g/mol. The third-order valence-electron chi connectivity index (χ3n) is 3.71. The van der Waals surface area contributed by atoms with Gasteiger partial charge in [-0.05, 0) is 43.3 Å². The summed E-state index contributed by atoms with van der Waals surface area (Å²) in [6.45, 7) is 1.53. The maximum Gasteiger partial charge on any atom is 0.288 e. The van der Waals surface area contributed by atoms with Gasteiger partial charge in [0.15, 0.2) is 0 Å². The van der Waals surface area contributed by atoms with E-state index in [9.17, 15) is 22.0 Å². The van der Waals surface area contributed by atoms with Gasteiger partial charge in [0.2, 0.25) is 5.91 Å². The number of nitrogens with zero attached hydrogens (tertiary/aromatic N) is 1. The molecule has 142 valence electrons. The van der Waals surface area contributed by atoms with Crippen LogP contribution in [0.15, 0.2) is 63.3 Å². The number of benzene rings is 2. The number of aliphatic imine (C=N–C) groups is 1. The minimum absolute atomic E-state index is 0.108. The Bertz CT molecular complexity index is 993. The molecule has 1 aliphatic heterocycles. The van der Waals surface area contributed by atoms with Crippen LogP contribution in [0.5, 0.6) is 0 Å². The van der Waals surface area contributed by atoms with Crippen LogP contribution in [0.2, 0.25) is 0 Å². The minimum atomic E-state index is -3.68. The molecule has 1 heterocycles. The maximum absolute atomic E-state index is 12.3. The summed E-state index contributed by atoms with van der Waals surface area (Å²) < 4.78 is 51.1. The minimum Gasteiger partial charge on any atom is -0.324 e. The van der Waals surface area contributed by atoms with Crippen LogP contribution in [0.1, 0.15) is 12.5 Å². The topological polar surface area (TPSA) is 87.6 Å². The molecule has 0 spiro atoms. The molecule has 27 heavy (non-hydrogen) atoms. The summed E-state index contributed by atoms with van der Waals surface area (Å²) in [7, 11) is -3.68. The zero-order chi connectivity index (χ0) is 19.6. The Kier molecular flexibility index (Phi) is 5.47. The Labute approximate surface area is 159 Å². The van der Waals surface area contributed by atoms with Gasteiger partial charge in [-0.15, -0.1) is 0 Å². The monoisotopic (exact) mass is 411 g/mol. The van der Waals surface area contributed by atoms with Gasteiger partial charge in [-0.1, -0.05) is 23.9 Å². The largest absolute Gasteiger partial charge is 0.324 e. The third-order valence-corrected chi connectivity index (χ3v) is 5.83. The highest BCUT2D eigenvalue weighted by Crippen LogP contribution is 2.26. The summed E-state index contributed by atoms with van der Waals surface area (Å²) in [5.74, 6) is -2.86. The lowest BCUT2D eigenvalue weighted by Crippen LogP contribution is -2.28. The number of hydrogen-bond acceptors (Lipinski definition) is 5. The van der Waals surface area contributed by atoms with E-state index in [0.29, 0.717) is 27.9 Å². The van der Waals surface area contributed by atoms with E-state index in [4.69, 9.17) is 0 Å². The van der Waals surface area contributed by atoms with Crippen molar-refractivity contribution < 1.29 is 22.0 Å². The molecule has 0 unspecified atom stereocenters. The Balaban J connectivity index is 1.72. The van der Waals surface area contributed by atoms with E-state index in [0.717, 1.165) is 0 Å². The number of sulfonamides is 1. The van der Waals surface area contributed by atoms with Crippen LogP contribution in [0.25, 0.3) is 0 Å². The van der Waals surface area contributed by atoms with Gasteiger partial charge in [0.1, 0.15) is 11.9 Å². The highest BCUT2D eigenvalue weighted by molar-refractivity contribution is 7.99. The molecule has 1 amide bonds. The predicted octanol–water partition coefficient (Wildman–Crippen LogP) is 3.07. The number of hydrogen-bond donors (Lipinski definition) is 2. The molecule has 2 aromatic rings. The normalized spacial score (nSPS) is 17.4. The Morgan fingerprint density at radius 2 is 1.81 bits per heavy atom. The van der Waals surface area contributed by atoms with Gasteiger partial charge in [-0.3, -0.25) is 14.5 Å². The Hall–Kier alpha value is -2.46. The standard InChI is InChI=1S/C17H15F2N3O3S2/c1-10(16(23)21-11-6-8-12(9-7-11)26-17(18)19)20-15-13-4-2-3-5-14(13)27(24,25)22-15/h2-10,17H,1H3,(H,20,22)(H,21,23)/t10-/m0/s1. The first-order chi connectivity index (χ1) is 12.8. The molecular formula is C17H15F2N3O3S2. The molecule has 2 aromatic carbocycles. The predicted molar refractivity (Wildman–Crippen MR) is 99.7 cm³/mol. The van der Waals surface area contributed by atoms with E-state index < -0.39 is 27.7 Å². The van der Waals surface area contributed by atoms with Crippen LogP contribution in [0.4, 0.5) is 14.5 Å². The van der Waals surface area contributed by atoms with Crippen molar-refractivity contribution in [3.05, 3.63) is 54.1 Å². The van der Waals surface area contributed by atoms with Gasteiger partial charge in [0, 0.05) is 16.1 Å². The number of carbonyl (C=O) groups excluding carboxylic acids is 1. The lowest BCUT2D eigenvalue weighted by Gasteiger charge is -2.10. The fourth-order valence-electron chi connectivity index (χ4n) is 2.45. The zero-order valence-corrected chi connectivity index (χ0v) is 15.7. The van der Waals surface area contributed by atoms with Crippen molar-refractivity contribution in [2.24, 2.45) is 4.99 Å². The van der Waals surface area contributed by atoms with E-state index in [-0.39, 0.29) is 10.7 Å². The highest BCUT2D eigenvalue weighted by Gasteiger charge is 2.31. The first-order valence-electron chi connectivity index (χ1n) is 7.82. The van der Waals surface area contributed by atoms with Crippen LogP contribution in [-0.2, 0) is 14.8 Å². The number of rotatable bonds is 5. The van der Waals surface area contributed by atoms with Crippen LogP contribution in [-0.4, -0.2) is 32.0 Å². The van der Waals surface area contributed by atoms with Crippen molar-refractivity contribution in [2.45, 2.75) is 28.5 Å². The smallest absolute Gasteiger partial charge is 0.288 e. The molecular weight excluding hydrogens is 396 g/mol. The summed E-state index contributed by atoms with van der Waals surface area (Å²) in [5, 5.41) is 2.62. The Morgan fingerprint density at radius 1 is 1.15 bits per heavy atom. The van der Waals surface area contributed by atoms with Crippen molar-refractivity contribution in [2.75, 3.05) is 5.32 Å². The molecule has 0 fully saturated rings. The zero-order valence-electron chi connectivity index (χ0n) is 14.0. The van der Waals surface area contributed by atoms with Gasteiger partial charge in [-0.25, -0.2) is 8.42 Å². The number of amidine groups is 1. The van der Waals surface area contributed by atoms with Crippen molar-refractivity contribution in [1.29, 1.82) is 0 Å². The SMILES string of the molecule is C[C@H](N=C1NS(=O)(=O)c2ccccc21)C(=O)Nc1ccc(SC(F)F)cc1. The molecule has 2 N–H and O–H groups in total. The second kappa shape index (κ2) is 7.65. The maximum atomic E-state index is 12.3. The van der Waals surface area contributed by atoms with Crippen LogP contribution >= 0.6 is 11.8 Å². The van der Waals surface area contributed by atoms with Crippen molar-refractivity contribution in [3.63, 3.8) is 0 Å². The molecule has 0 bridgehead atoms. The lowest BCUT2D eigenvalue weighted by molar-refractivity contribution is -0.117. The third kappa shape index (κ3) is 4.45. The second-order valence-corrected chi connectivity index (χ2v) is 8.36. The van der Waals surface area contributed by atoms with Crippen LogP contribution in [0.3, 0.4) is 0 Å². The van der Waals surface area contributed by atoms with Crippen molar-refractivity contribution >= 4 is 39.2 Å². The Morgan fingerprint density at radius 3 is 2.48 bits per heavy atom. The summed E-state index contributed by atoms with van der Waals surface area (Å²) in [6.07, 6.45) is 0. The van der Waals surface area contributed by atoms with E-state index >= 15 is 0 Å². The second-order valence-electron chi connectivity index (χ2n) is 5.65. The highest BCUT2D eigenvalue weighted by atomic mass is 32.2. The fourth-order valence-corrected chi connectivity index (χ4v) is 4.19. The molecule has 0 radical (unpaired) electrons. The van der Waals surface area contributed by atoms with E-state index in [1.807, 2.05) is 0 Å². The number of alkyl halides is 2. The first kappa shape index (κ1) is 19.3. The summed E-state index contributed by atoms with van der Waals surface area (Å²) >= 11 is 0.414. The van der Waals surface area contributed by atoms with Gasteiger partial charge in [-0.2, -0.15) is 8.78 Å². The van der Waals surface area contributed by atoms with Gasteiger partial charge in [0.05, 0.1) is 4.90 Å². The van der Waals surface area contributed by atoms with Gasteiger partial charge < -0.3 is 5.32 Å². The summed E-state index contributed by atoms with van der Waals surface area (Å²) in [4.78, 5) is 17.0. The van der Waals surface area contributed by atoms with Crippen LogP contribution < -0.4 is 10.0 Å². The average Bonchev–Trinajstić information content (AvgIpc) is 2.87. The van der Waals surface area contributed by atoms with E-state index in [1.54, 1.807) is 18.2 Å². The van der Waals surface area contributed by atoms with E-state index in [1.165, 1.54) is 37.3 Å². The molecule has 3 rings (SSSR count). The van der Waals surface area contributed by atoms with Crippen molar-refractivity contribution in [3.8, 4) is 0 Å². The molecule has 0 saturated carbocycles. The number of fused-ring (bicyclic) bond motifs is 1. The quantitative estimate of drug-likeness (QED) is 0.741. The lowest BCUT2D eigenvalue weighted by atomic mass is 10.2. The number of nitrogens with one attached hydrogen (secondary N) is 2. The summed E-state index contributed by atoms with van der Waals surface area (Å²) in [6, 6.07) is 11.5. The molecule has 1 atom stereocenters. The molecule has 6 nitrogen and oxygen atoms in total. The molecule has 0 saturated heterocycles. The molecule has 10 heteroatoms. The number of anilines is 1. The van der Waals surface area contributed by atoms with Crippen molar-refractivity contribution in [1.82, 2.24) is 4.72 Å². The molecule has 0 aliphatic carbocycles. The summed E-state index contributed by atoms with van der Waals surface area (Å²) in [5.41, 5.74) is 0.837. The number of carbonyl (C=O) groups is 1. The number of halogens is 2. The fraction of sp³-hybridized carbons (Fsp3) is 0.176. The number of amides is 1.